The van der Waals surface area contributed by atoms with Gasteiger partial charge in [0, 0.05) is 6.08 Å². The number of hydrogen-bond acceptors (Lipinski definition) is 2. The molecule has 2 atom stereocenters. The van der Waals surface area contributed by atoms with E-state index in [9.17, 15) is 9.59 Å². The summed E-state index contributed by atoms with van der Waals surface area (Å²) in [5.74, 6) is -1.15. The van der Waals surface area contributed by atoms with Gasteiger partial charge in [-0.3, -0.25) is 9.59 Å². The summed E-state index contributed by atoms with van der Waals surface area (Å²) in [5, 5.41) is -0.0185. The van der Waals surface area contributed by atoms with Crippen molar-refractivity contribution in [2.45, 2.75) is 10.3 Å². The molecule has 2 unspecified atom stereocenters. The molecule has 0 saturated heterocycles. The number of carbonyl (C=O) groups excluding carboxylic acids is 2. The Balaban J connectivity index is 1.90. The molecular formula is C19H10Cl2O2. The van der Waals surface area contributed by atoms with Crippen LogP contribution in [-0.4, -0.2) is 16.4 Å². The summed E-state index contributed by atoms with van der Waals surface area (Å²) in [7, 11) is 0. The van der Waals surface area contributed by atoms with Crippen LogP contribution in [-0.2, 0) is 15.0 Å². The Labute approximate surface area is 142 Å². The van der Waals surface area contributed by atoms with Gasteiger partial charge < -0.3 is 0 Å². The highest BCUT2D eigenvalue weighted by Crippen LogP contribution is 2.77. The molecule has 1 fully saturated rings. The van der Waals surface area contributed by atoms with Gasteiger partial charge in [-0.2, -0.15) is 0 Å². The zero-order valence-electron chi connectivity index (χ0n) is 11.8. The van der Waals surface area contributed by atoms with Crippen LogP contribution in [0.15, 0.2) is 59.6 Å². The van der Waals surface area contributed by atoms with Gasteiger partial charge in [-0.15, -0.1) is 11.6 Å². The van der Waals surface area contributed by atoms with E-state index in [1.54, 1.807) is 0 Å². The van der Waals surface area contributed by atoms with Gasteiger partial charge in [0.2, 0.25) is 0 Å². The molecule has 0 bridgehead atoms. The number of ketones is 2. The minimum absolute atomic E-state index is 0.0185. The Kier molecular flexibility index (Phi) is 2.32. The normalized spacial score (nSPS) is 29.0. The average molecular weight is 341 g/mol. The highest BCUT2D eigenvalue weighted by molar-refractivity contribution is 6.54. The van der Waals surface area contributed by atoms with E-state index in [0.717, 1.165) is 22.3 Å². The van der Waals surface area contributed by atoms with Gasteiger partial charge in [-0.05, 0) is 22.3 Å². The molecule has 2 aromatic carbocycles. The van der Waals surface area contributed by atoms with Crippen molar-refractivity contribution in [3.05, 3.63) is 70.8 Å². The summed E-state index contributed by atoms with van der Waals surface area (Å²) in [6.07, 6.45) is 1.19. The van der Waals surface area contributed by atoms with Crippen LogP contribution in [0.2, 0.25) is 0 Å². The molecule has 3 aliphatic rings. The molecule has 1 spiro atoms. The lowest BCUT2D eigenvalue weighted by Gasteiger charge is -2.16. The Bertz CT molecular complexity index is 914. The number of Topliss-reactive ketones (excluding diaryl/α,β-unsaturated/α-hetero) is 1. The van der Waals surface area contributed by atoms with Gasteiger partial charge in [0.05, 0.1) is 16.4 Å². The quantitative estimate of drug-likeness (QED) is 0.683. The lowest BCUT2D eigenvalue weighted by Crippen LogP contribution is -2.28. The smallest absolute Gasteiger partial charge is 0.180 e. The minimum Gasteiger partial charge on any atom is -0.293 e. The molecular weight excluding hydrogens is 331 g/mol. The first-order valence-electron chi connectivity index (χ1n) is 7.38. The second kappa shape index (κ2) is 3.95. The average Bonchev–Trinajstić information content (AvgIpc) is 3.03. The van der Waals surface area contributed by atoms with Gasteiger partial charge in [0.1, 0.15) is 4.87 Å². The Morgan fingerprint density at radius 2 is 1.39 bits per heavy atom. The molecule has 0 aromatic heterocycles. The van der Waals surface area contributed by atoms with Crippen LogP contribution >= 0.6 is 23.2 Å². The molecule has 0 amide bonds. The van der Waals surface area contributed by atoms with Gasteiger partial charge in [-0.1, -0.05) is 60.1 Å². The molecule has 112 valence electrons. The first-order chi connectivity index (χ1) is 11.0. The molecule has 0 aliphatic heterocycles. The lowest BCUT2D eigenvalue weighted by atomic mass is 9.88. The van der Waals surface area contributed by atoms with E-state index in [4.69, 9.17) is 23.2 Å². The largest absolute Gasteiger partial charge is 0.293 e. The second-order valence-corrected chi connectivity index (χ2v) is 7.27. The maximum absolute atomic E-state index is 12.7. The Morgan fingerprint density at radius 1 is 0.870 bits per heavy atom. The fraction of sp³-hybridized carbons (Fsp3) is 0.158. The number of alkyl halides is 1. The molecule has 2 aromatic rings. The van der Waals surface area contributed by atoms with Crippen LogP contribution in [0.25, 0.3) is 11.1 Å². The van der Waals surface area contributed by atoms with Gasteiger partial charge in [-0.25, -0.2) is 0 Å². The first kappa shape index (κ1) is 13.5. The molecule has 5 rings (SSSR count). The molecule has 0 heterocycles. The van der Waals surface area contributed by atoms with Crippen molar-refractivity contribution < 1.29 is 9.59 Å². The maximum Gasteiger partial charge on any atom is 0.180 e. The molecule has 2 nitrogen and oxygen atoms in total. The number of fused-ring (bicyclic) bond motifs is 8. The summed E-state index contributed by atoms with van der Waals surface area (Å²) in [5.41, 5.74) is 3.16. The number of hydrogen-bond donors (Lipinski definition) is 0. The number of allylic oxidation sites excluding steroid dienone is 2. The van der Waals surface area contributed by atoms with E-state index in [1.165, 1.54) is 6.08 Å². The summed E-state index contributed by atoms with van der Waals surface area (Å²) in [6, 6.07) is 15.7. The number of carbonyl (C=O) groups is 2. The number of rotatable bonds is 0. The zero-order valence-corrected chi connectivity index (χ0v) is 13.4. The van der Waals surface area contributed by atoms with E-state index in [-0.39, 0.29) is 16.6 Å². The van der Waals surface area contributed by atoms with E-state index in [0.29, 0.717) is 0 Å². The van der Waals surface area contributed by atoms with Crippen molar-refractivity contribution in [3.8, 4) is 11.1 Å². The molecule has 4 heteroatoms. The summed E-state index contributed by atoms with van der Waals surface area (Å²) in [6.45, 7) is 0. The Hall–Kier alpha value is -1.90. The van der Waals surface area contributed by atoms with Crippen LogP contribution in [0.4, 0.5) is 0 Å². The highest BCUT2D eigenvalue weighted by atomic mass is 35.5. The summed E-state index contributed by atoms with van der Waals surface area (Å²) in [4.78, 5) is 24.1. The van der Waals surface area contributed by atoms with Gasteiger partial charge in [0.25, 0.3) is 0 Å². The van der Waals surface area contributed by atoms with E-state index in [1.807, 2.05) is 48.5 Å². The second-order valence-electron chi connectivity index (χ2n) is 6.26. The van der Waals surface area contributed by atoms with Crippen LogP contribution in [0.1, 0.15) is 11.1 Å². The topological polar surface area (TPSA) is 34.1 Å². The summed E-state index contributed by atoms with van der Waals surface area (Å²) < 4.78 is 0. The minimum atomic E-state index is -1.26. The predicted octanol–water partition coefficient (Wildman–Crippen LogP) is 3.84. The van der Waals surface area contributed by atoms with Crippen LogP contribution in [0, 0.1) is 5.92 Å². The van der Waals surface area contributed by atoms with Crippen LogP contribution in [0.3, 0.4) is 0 Å². The van der Waals surface area contributed by atoms with Crippen molar-refractivity contribution in [3.63, 3.8) is 0 Å². The fourth-order valence-electron chi connectivity index (χ4n) is 4.55. The van der Waals surface area contributed by atoms with E-state index >= 15 is 0 Å². The van der Waals surface area contributed by atoms with Crippen molar-refractivity contribution in [2.75, 3.05) is 0 Å². The molecule has 3 aliphatic carbocycles. The fourth-order valence-corrected chi connectivity index (χ4v) is 5.34. The van der Waals surface area contributed by atoms with Gasteiger partial charge in [0.15, 0.2) is 11.6 Å². The number of benzene rings is 2. The maximum atomic E-state index is 12.7. The highest BCUT2D eigenvalue weighted by Gasteiger charge is 2.86. The summed E-state index contributed by atoms with van der Waals surface area (Å²) >= 11 is 12.8. The molecule has 0 N–H and O–H groups in total. The SMILES string of the molecule is O=C1C(Cl)=CC(=O)C2(Cl)C1C21c2ccccc2-c2ccccc21. The third-order valence-electron chi connectivity index (χ3n) is 5.43. The van der Waals surface area contributed by atoms with Crippen molar-refractivity contribution in [1.29, 1.82) is 0 Å². The molecule has 23 heavy (non-hydrogen) atoms. The van der Waals surface area contributed by atoms with Crippen molar-refractivity contribution >= 4 is 34.8 Å². The van der Waals surface area contributed by atoms with Crippen LogP contribution < -0.4 is 0 Å². The van der Waals surface area contributed by atoms with E-state index in [2.05, 4.69) is 0 Å². The third-order valence-corrected chi connectivity index (χ3v) is 6.43. The van der Waals surface area contributed by atoms with E-state index < -0.39 is 16.2 Å². The molecule has 1 saturated carbocycles. The molecule has 0 radical (unpaired) electrons. The Morgan fingerprint density at radius 3 is 1.96 bits per heavy atom. The van der Waals surface area contributed by atoms with Crippen LogP contribution in [0.5, 0.6) is 0 Å². The van der Waals surface area contributed by atoms with Crippen molar-refractivity contribution in [1.82, 2.24) is 0 Å². The lowest BCUT2D eigenvalue weighted by molar-refractivity contribution is -0.121. The van der Waals surface area contributed by atoms with Gasteiger partial charge >= 0.3 is 0 Å². The zero-order chi connectivity index (χ0) is 16.0. The standard InChI is InChI=1S/C19H10Cl2O2/c20-14-9-15(22)19(21)17(16(14)23)18(19)12-7-3-1-5-10(12)11-6-2-4-8-13(11)18/h1-9,17H. The third kappa shape index (κ3) is 1.23. The monoisotopic (exact) mass is 340 g/mol. The van der Waals surface area contributed by atoms with Crippen molar-refractivity contribution in [2.24, 2.45) is 5.92 Å². The number of halogens is 2. The first-order valence-corrected chi connectivity index (χ1v) is 8.14. The predicted molar refractivity (Wildman–Crippen MR) is 88.7 cm³/mol.